The van der Waals surface area contributed by atoms with E-state index in [-0.39, 0.29) is 5.78 Å². The second-order valence-electron chi connectivity index (χ2n) is 5.14. The van der Waals surface area contributed by atoms with E-state index in [0.29, 0.717) is 0 Å². The highest BCUT2D eigenvalue weighted by atomic mass is 32.1. The number of carbonyl (C=O) groups is 1. The van der Waals surface area contributed by atoms with E-state index in [1.165, 1.54) is 16.9 Å². The molecule has 0 bridgehead atoms. The van der Waals surface area contributed by atoms with Gasteiger partial charge in [0.1, 0.15) is 0 Å². The molecular weight excluding hydrogens is 266 g/mol. The molecule has 0 saturated carbocycles. The molecule has 0 aliphatic heterocycles. The lowest BCUT2D eigenvalue weighted by Gasteiger charge is -2.03. The van der Waals surface area contributed by atoms with Gasteiger partial charge in [-0.15, -0.1) is 11.3 Å². The molecule has 1 aromatic carbocycles. The van der Waals surface area contributed by atoms with E-state index in [9.17, 15) is 4.79 Å². The number of aromatic nitrogens is 1. The van der Waals surface area contributed by atoms with Crippen molar-refractivity contribution in [3.63, 3.8) is 0 Å². The molecule has 0 N–H and O–H groups in total. The molecular formula is C17H13NOS. The van der Waals surface area contributed by atoms with E-state index < -0.39 is 0 Å². The van der Waals surface area contributed by atoms with Crippen molar-refractivity contribution in [2.75, 3.05) is 0 Å². The van der Waals surface area contributed by atoms with Crippen LogP contribution in [0.5, 0.6) is 0 Å². The first kappa shape index (κ1) is 11.8. The molecule has 0 unspecified atom stereocenters. The van der Waals surface area contributed by atoms with Gasteiger partial charge in [-0.3, -0.25) is 9.78 Å². The average Bonchev–Trinajstić information content (AvgIpc) is 3.07. The fourth-order valence-corrected chi connectivity index (χ4v) is 4.09. The molecule has 0 atom stereocenters. The smallest absolute Gasteiger partial charge is 0.203 e. The van der Waals surface area contributed by atoms with Gasteiger partial charge in [-0.05, 0) is 42.3 Å². The number of carbonyl (C=O) groups excluding carboxylic acids is 1. The molecule has 0 fully saturated rings. The van der Waals surface area contributed by atoms with Crippen LogP contribution in [0.3, 0.4) is 0 Å². The molecule has 0 saturated heterocycles. The predicted octanol–water partition coefficient (Wildman–Crippen LogP) is 4.02. The van der Waals surface area contributed by atoms with Gasteiger partial charge in [0.2, 0.25) is 5.78 Å². The first-order valence-electron chi connectivity index (χ1n) is 6.82. The summed E-state index contributed by atoms with van der Waals surface area (Å²) >= 11 is 1.66. The minimum absolute atomic E-state index is 0.128. The van der Waals surface area contributed by atoms with E-state index in [1.54, 1.807) is 23.7 Å². The summed E-state index contributed by atoms with van der Waals surface area (Å²) in [5.41, 5.74) is 2.13. The van der Waals surface area contributed by atoms with E-state index in [4.69, 9.17) is 0 Å². The number of thiophene rings is 1. The van der Waals surface area contributed by atoms with Crippen molar-refractivity contribution >= 4 is 27.9 Å². The molecule has 20 heavy (non-hydrogen) atoms. The Bertz CT molecular complexity index is 792. The molecule has 2 aromatic heterocycles. The fraction of sp³-hybridized carbons (Fsp3) is 0.176. The Morgan fingerprint density at radius 1 is 1.20 bits per heavy atom. The Morgan fingerprint density at radius 3 is 3.05 bits per heavy atom. The number of hydrogen-bond acceptors (Lipinski definition) is 3. The molecule has 2 nitrogen and oxygen atoms in total. The maximum Gasteiger partial charge on any atom is 0.203 e. The predicted molar refractivity (Wildman–Crippen MR) is 81.5 cm³/mol. The Labute approximate surface area is 121 Å². The van der Waals surface area contributed by atoms with Crippen LogP contribution in [0.25, 0.3) is 10.8 Å². The third-order valence-electron chi connectivity index (χ3n) is 3.90. The highest BCUT2D eigenvalue weighted by Crippen LogP contribution is 2.32. The van der Waals surface area contributed by atoms with Gasteiger partial charge in [-0.25, -0.2) is 0 Å². The number of pyridine rings is 1. The van der Waals surface area contributed by atoms with Crippen molar-refractivity contribution in [2.24, 2.45) is 0 Å². The number of nitrogens with zero attached hydrogens (tertiary/aromatic N) is 1. The monoisotopic (exact) mass is 279 g/mol. The lowest BCUT2D eigenvalue weighted by molar-refractivity contribution is 0.104. The van der Waals surface area contributed by atoms with Crippen LogP contribution in [0, 0.1) is 0 Å². The number of ketones is 1. The van der Waals surface area contributed by atoms with Crippen LogP contribution in [0.2, 0.25) is 0 Å². The van der Waals surface area contributed by atoms with Crippen molar-refractivity contribution in [3.05, 3.63) is 63.6 Å². The van der Waals surface area contributed by atoms with E-state index in [0.717, 1.165) is 34.1 Å². The Morgan fingerprint density at radius 2 is 2.15 bits per heavy atom. The van der Waals surface area contributed by atoms with Crippen molar-refractivity contribution in [2.45, 2.75) is 19.3 Å². The zero-order valence-corrected chi connectivity index (χ0v) is 11.7. The summed E-state index contributed by atoms with van der Waals surface area (Å²) in [4.78, 5) is 19.2. The van der Waals surface area contributed by atoms with Gasteiger partial charge in [0.15, 0.2) is 0 Å². The summed E-state index contributed by atoms with van der Waals surface area (Å²) < 4.78 is 0. The lowest BCUT2D eigenvalue weighted by Crippen LogP contribution is -2.00. The quantitative estimate of drug-likeness (QED) is 0.663. The summed E-state index contributed by atoms with van der Waals surface area (Å²) in [5, 5.41) is 2.00. The molecule has 0 radical (unpaired) electrons. The SMILES string of the molecule is O=C(c1cc2c(s1)CCC2)c1cccc2ccncc12. The average molecular weight is 279 g/mol. The molecule has 0 amide bonds. The highest BCUT2D eigenvalue weighted by molar-refractivity contribution is 7.14. The number of aryl methyl sites for hydroxylation is 2. The summed E-state index contributed by atoms with van der Waals surface area (Å²) in [5.74, 6) is 0.128. The maximum atomic E-state index is 12.7. The second kappa shape index (κ2) is 4.53. The van der Waals surface area contributed by atoms with Gasteiger partial charge < -0.3 is 0 Å². The van der Waals surface area contributed by atoms with Crippen LogP contribution in [0.15, 0.2) is 42.7 Å². The number of hydrogen-bond donors (Lipinski definition) is 0. The Balaban J connectivity index is 1.84. The van der Waals surface area contributed by atoms with Crippen LogP contribution in [0.4, 0.5) is 0 Å². The molecule has 1 aliphatic carbocycles. The molecule has 0 spiro atoms. The number of benzene rings is 1. The molecule has 1 aliphatic rings. The molecule has 3 heteroatoms. The van der Waals surface area contributed by atoms with E-state index in [2.05, 4.69) is 11.1 Å². The molecule has 4 rings (SSSR count). The number of rotatable bonds is 2. The van der Waals surface area contributed by atoms with Crippen LogP contribution in [0.1, 0.15) is 32.1 Å². The minimum atomic E-state index is 0.128. The van der Waals surface area contributed by atoms with Crippen molar-refractivity contribution in [3.8, 4) is 0 Å². The van der Waals surface area contributed by atoms with Crippen molar-refractivity contribution in [1.82, 2.24) is 4.98 Å². The topological polar surface area (TPSA) is 30.0 Å². The second-order valence-corrected chi connectivity index (χ2v) is 6.28. The third kappa shape index (κ3) is 1.78. The van der Waals surface area contributed by atoms with E-state index >= 15 is 0 Å². The summed E-state index contributed by atoms with van der Waals surface area (Å²) in [6.45, 7) is 0. The summed E-state index contributed by atoms with van der Waals surface area (Å²) in [7, 11) is 0. The van der Waals surface area contributed by atoms with E-state index in [1.807, 2.05) is 24.3 Å². The van der Waals surface area contributed by atoms with Crippen LogP contribution in [-0.4, -0.2) is 10.8 Å². The largest absolute Gasteiger partial charge is 0.288 e. The van der Waals surface area contributed by atoms with Crippen molar-refractivity contribution < 1.29 is 4.79 Å². The summed E-state index contributed by atoms with van der Waals surface area (Å²) in [6.07, 6.45) is 7.02. The van der Waals surface area contributed by atoms with Crippen LogP contribution in [-0.2, 0) is 12.8 Å². The lowest BCUT2D eigenvalue weighted by atomic mass is 10.0. The van der Waals surface area contributed by atoms with Gasteiger partial charge in [0.05, 0.1) is 4.88 Å². The van der Waals surface area contributed by atoms with Gasteiger partial charge in [0, 0.05) is 28.2 Å². The summed E-state index contributed by atoms with van der Waals surface area (Å²) in [6, 6.07) is 9.89. The van der Waals surface area contributed by atoms with Gasteiger partial charge in [-0.2, -0.15) is 0 Å². The molecule has 98 valence electrons. The first-order chi connectivity index (χ1) is 9.83. The van der Waals surface area contributed by atoms with Gasteiger partial charge in [0.25, 0.3) is 0 Å². The number of fused-ring (bicyclic) bond motifs is 2. The Kier molecular flexibility index (Phi) is 2.67. The van der Waals surface area contributed by atoms with Crippen LogP contribution < -0.4 is 0 Å². The van der Waals surface area contributed by atoms with Crippen molar-refractivity contribution in [1.29, 1.82) is 0 Å². The minimum Gasteiger partial charge on any atom is -0.288 e. The van der Waals surface area contributed by atoms with Crippen LogP contribution >= 0.6 is 11.3 Å². The zero-order chi connectivity index (χ0) is 13.5. The normalized spacial score (nSPS) is 13.6. The van der Waals surface area contributed by atoms with Gasteiger partial charge in [-0.1, -0.05) is 18.2 Å². The zero-order valence-electron chi connectivity index (χ0n) is 10.9. The first-order valence-corrected chi connectivity index (χ1v) is 7.63. The standard InChI is InChI=1S/C17H13NOS/c19-17(16-9-12-4-2-6-15(12)20-16)13-5-1-3-11-7-8-18-10-14(11)13/h1,3,5,7-10H,2,4,6H2. The maximum absolute atomic E-state index is 12.7. The Hall–Kier alpha value is -2.00. The fourth-order valence-electron chi connectivity index (χ4n) is 2.89. The van der Waals surface area contributed by atoms with Gasteiger partial charge >= 0.3 is 0 Å². The highest BCUT2D eigenvalue weighted by Gasteiger charge is 2.20. The molecule has 3 aromatic rings. The molecule has 2 heterocycles. The third-order valence-corrected chi connectivity index (χ3v) is 5.13.